The molecular formula is C15H26N2O2. The standard InChI is InChI=1S/C15H26N2O2/c1-5-17(11-15(2,3)18)13(10-16)12-8-6-7-9-14(12)19-4/h6-9,13,18H,5,10-11,16H2,1-4H3. The monoisotopic (exact) mass is 266 g/mol. The Morgan fingerprint density at radius 2 is 2.00 bits per heavy atom. The van der Waals surface area contributed by atoms with Crippen LogP contribution < -0.4 is 10.5 Å². The summed E-state index contributed by atoms with van der Waals surface area (Å²) in [5.41, 5.74) is 6.27. The summed E-state index contributed by atoms with van der Waals surface area (Å²) < 4.78 is 5.41. The molecule has 0 saturated heterocycles. The fourth-order valence-electron chi connectivity index (χ4n) is 2.35. The van der Waals surface area contributed by atoms with Crippen molar-refractivity contribution in [2.24, 2.45) is 5.73 Å². The fourth-order valence-corrected chi connectivity index (χ4v) is 2.35. The quantitative estimate of drug-likeness (QED) is 0.790. The average molecular weight is 266 g/mol. The molecule has 0 amide bonds. The zero-order valence-electron chi connectivity index (χ0n) is 12.4. The Balaban J connectivity index is 3.03. The van der Waals surface area contributed by atoms with Crippen LogP contribution in [0.5, 0.6) is 5.75 Å². The number of nitrogens with two attached hydrogens (primary N) is 1. The van der Waals surface area contributed by atoms with Gasteiger partial charge in [0.25, 0.3) is 0 Å². The first kappa shape index (κ1) is 16.0. The maximum absolute atomic E-state index is 10.0. The van der Waals surface area contributed by atoms with E-state index in [1.54, 1.807) is 7.11 Å². The van der Waals surface area contributed by atoms with Crippen LogP contribution >= 0.6 is 0 Å². The molecule has 0 spiro atoms. The van der Waals surface area contributed by atoms with Gasteiger partial charge in [-0.15, -0.1) is 0 Å². The molecule has 1 atom stereocenters. The zero-order chi connectivity index (χ0) is 14.5. The molecule has 4 heteroatoms. The molecule has 1 rings (SSSR count). The first-order valence-electron chi connectivity index (χ1n) is 6.72. The van der Waals surface area contributed by atoms with Crippen LogP contribution in [0.1, 0.15) is 32.4 Å². The lowest BCUT2D eigenvalue weighted by Crippen LogP contribution is -2.43. The average Bonchev–Trinajstić information content (AvgIpc) is 2.37. The lowest BCUT2D eigenvalue weighted by molar-refractivity contribution is 0.0231. The van der Waals surface area contributed by atoms with Gasteiger partial charge in [0.15, 0.2) is 0 Å². The van der Waals surface area contributed by atoms with Gasteiger partial charge in [-0.3, -0.25) is 4.90 Å². The van der Waals surface area contributed by atoms with E-state index in [9.17, 15) is 5.11 Å². The normalized spacial score (nSPS) is 13.6. The summed E-state index contributed by atoms with van der Waals surface area (Å²) in [5.74, 6) is 0.840. The number of methoxy groups -OCH3 is 1. The highest BCUT2D eigenvalue weighted by Crippen LogP contribution is 2.29. The van der Waals surface area contributed by atoms with Gasteiger partial charge in [-0.05, 0) is 26.5 Å². The van der Waals surface area contributed by atoms with Gasteiger partial charge in [0.2, 0.25) is 0 Å². The summed E-state index contributed by atoms with van der Waals surface area (Å²) in [5, 5.41) is 10.0. The Kier molecular flexibility index (Phi) is 5.79. The Morgan fingerprint density at radius 1 is 1.37 bits per heavy atom. The number of hydrogen-bond acceptors (Lipinski definition) is 4. The van der Waals surface area contributed by atoms with Gasteiger partial charge < -0.3 is 15.6 Å². The van der Waals surface area contributed by atoms with E-state index in [0.717, 1.165) is 17.9 Å². The molecule has 1 aromatic rings. The largest absolute Gasteiger partial charge is 0.496 e. The molecule has 4 nitrogen and oxygen atoms in total. The summed E-state index contributed by atoms with van der Waals surface area (Å²) in [6.07, 6.45) is 0. The van der Waals surface area contributed by atoms with Crippen molar-refractivity contribution in [2.45, 2.75) is 32.4 Å². The Labute approximate surface area is 116 Å². The van der Waals surface area contributed by atoms with Crippen LogP contribution in [0.2, 0.25) is 0 Å². The van der Waals surface area contributed by atoms with Gasteiger partial charge in [0.05, 0.1) is 18.8 Å². The minimum absolute atomic E-state index is 0.0487. The van der Waals surface area contributed by atoms with Gasteiger partial charge in [0.1, 0.15) is 5.75 Å². The summed E-state index contributed by atoms with van der Waals surface area (Å²) in [4.78, 5) is 2.18. The van der Waals surface area contributed by atoms with E-state index in [4.69, 9.17) is 10.5 Å². The molecule has 0 aliphatic heterocycles. The molecule has 19 heavy (non-hydrogen) atoms. The molecular weight excluding hydrogens is 240 g/mol. The molecule has 0 aliphatic rings. The number of rotatable bonds is 7. The first-order chi connectivity index (χ1) is 8.92. The summed E-state index contributed by atoms with van der Waals surface area (Å²) >= 11 is 0. The van der Waals surface area contributed by atoms with Crippen molar-refractivity contribution in [3.05, 3.63) is 29.8 Å². The van der Waals surface area contributed by atoms with Crippen LogP contribution in [-0.2, 0) is 0 Å². The second kappa shape index (κ2) is 6.89. The molecule has 0 heterocycles. The van der Waals surface area contributed by atoms with Gasteiger partial charge in [-0.2, -0.15) is 0 Å². The summed E-state index contributed by atoms with van der Waals surface area (Å²) in [6, 6.07) is 7.95. The predicted molar refractivity (Wildman–Crippen MR) is 78.3 cm³/mol. The molecule has 0 fully saturated rings. The van der Waals surface area contributed by atoms with E-state index in [0.29, 0.717) is 13.1 Å². The molecule has 0 saturated carbocycles. The maximum atomic E-state index is 10.0. The van der Waals surface area contributed by atoms with E-state index >= 15 is 0 Å². The number of nitrogens with zero attached hydrogens (tertiary/aromatic N) is 1. The summed E-state index contributed by atoms with van der Waals surface area (Å²) in [6.45, 7) is 7.58. The molecule has 0 aliphatic carbocycles. The highest BCUT2D eigenvalue weighted by molar-refractivity contribution is 5.36. The molecule has 1 unspecified atom stereocenters. The number of aliphatic hydroxyl groups is 1. The topological polar surface area (TPSA) is 58.7 Å². The van der Waals surface area contributed by atoms with Gasteiger partial charge in [-0.1, -0.05) is 25.1 Å². The fraction of sp³-hybridized carbons (Fsp3) is 0.600. The number of benzene rings is 1. The number of para-hydroxylation sites is 1. The SMILES string of the molecule is CCN(CC(C)(C)O)C(CN)c1ccccc1OC. The van der Waals surface area contributed by atoms with E-state index in [2.05, 4.69) is 11.8 Å². The third-order valence-corrected chi connectivity index (χ3v) is 3.16. The third kappa shape index (κ3) is 4.49. The maximum Gasteiger partial charge on any atom is 0.123 e. The van der Waals surface area contributed by atoms with Crippen LogP contribution in [0.3, 0.4) is 0 Å². The van der Waals surface area contributed by atoms with Crippen LogP contribution in [0.25, 0.3) is 0 Å². The van der Waals surface area contributed by atoms with Crippen molar-refractivity contribution in [3.63, 3.8) is 0 Å². The highest BCUT2D eigenvalue weighted by Gasteiger charge is 2.25. The Bertz CT molecular complexity index is 388. The van der Waals surface area contributed by atoms with Crippen molar-refractivity contribution in [1.29, 1.82) is 0 Å². The van der Waals surface area contributed by atoms with Crippen molar-refractivity contribution in [1.82, 2.24) is 4.90 Å². The van der Waals surface area contributed by atoms with Crippen molar-refractivity contribution in [3.8, 4) is 5.75 Å². The molecule has 3 N–H and O–H groups in total. The number of hydrogen-bond donors (Lipinski definition) is 2. The lowest BCUT2D eigenvalue weighted by Gasteiger charge is -2.35. The van der Waals surface area contributed by atoms with Crippen molar-refractivity contribution in [2.75, 3.05) is 26.7 Å². The highest BCUT2D eigenvalue weighted by atomic mass is 16.5. The van der Waals surface area contributed by atoms with E-state index in [-0.39, 0.29) is 6.04 Å². The van der Waals surface area contributed by atoms with Crippen molar-refractivity contribution < 1.29 is 9.84 Å². The first-order valence-corrected chi connectivity index (χ1v) is 6.72. The van der Waals surface area contributed by atoms with Crippen molar-refractivity contribution >= 4 is 0 Å². The predicted octanol–water partition coefficient (Wildman–Crippen LogP) is 1.79. The van der Waals surface area contributed by atoms with E-state index in [1.807, 2.05) is 38.1 Å². The second-order valence-corrected chi connectivity index (χ2v) is 5.37. The Hall–Kier alpha value is -1.10. The van der Waals surface area contributed by atoms with Crippen LogP contribution in [0, 0.1) is 0 Å². The zero-order valence-corrected chi connectivity index (χ0v) is 12.4. The smallest absolute Gasteiger partial charge is 0.123 e. The number of ether oxygens (including phenoxy) is 1. The lowest BCUT2D eigenvalue weighted by atomic mass is 10.0. The minimum atomic E-state index is -0.745. The van der Waals surface area contributed by atoms with Gasteiger partial charge >= 0.3 is 0 Å². The van der Waals surface area contributed by atoms with E-state index < -0.39 is 5.60 Å². The molecule has 1 aromatic carbocycles. The van der Waals surface area contributed by atoms with Gasteiger partial charge in [-0.25, -0.2) is 0 Å². The van der Waals surface area contributed by atoms with Crippen LogP contribution in [0.4, 0.5) is 0 Å². The van der Waals surface area contributed by atoms with Gasteiger partial charge in [0, 0.05) is 18.7 Å². The molecule has 0 radical (unpaired) electrons. The van der Waals surface area contributed by atoms with E-state index in [1.165, 1.54) is 0 Å². The minimum Gasteiger partial charge on any atom is -0.496 e. The second-order valence-electron chi connectivity index (χ2n) is 5.37. The summed E-state index contributed by atoms with van der Waals surface area (Å²) in [7, 11) is 1.67. The molecule has 0 aromatic heterocycles. The molecule has 108 valence electrons. The van der Waals surface area contributed by atoms with Crippen LogP contribution in [0.15, 0.2) is 24.3 Å². The molecule has 0 bridgehead atoms. The Morgan fingerprint density at radius 3 is 2.47 bits per heavy atom. The third-order valence-electron chi connectivity index (χ3n) is 3.16. The number of likely N-dealkylation sites (N-methyl/N-ethyl adjacent to an activating group) is 1. The van der Waals surface area contributed by atoms with Crippen LogP contribution in [-0.4, -0.2) is 42.4 Å².